The molecule has 0 heterocycles. The van der Waals surface area contributed by atoms with E-state index in [2.05, 4.69) is 6.07 Å². The zero-order valence-electron chi connectivity index (χ0n) is 5.52. The van der Waals surface area contributed by atoms with Crippen LogP contribution in [0.4, 0.5) is 0 Å². The van der Waals surface area contributed by atoms with Crippen molar-refractivity contribution in [1.82, 2.24) is 0 Å². The fraction of sp³-hybridized carbons (Fsp3) is 0.250. The number of hydrogen-bond donors (Lipinski definition) is 1. The minimum atomic E-state index is 0.614. The third-order valence-corrected chi connectivity index (χ3v) is 1.40. The highest BCUT2D eigenvalue weighted by Gasteiger charge is 1.90. The Morgan fingerprint density at radius 3 is 2.89 bits per heavy atom. The highest BCUT2D eigenvalue weighted by molar-refractivity contribution is 5.23. The lowest BCUT2D eigenvalue weighted by molar-refractivity contribution is 1.05. The molecular formula is C8H10N. The van der Waals surface area contributed by atoms with E-state index in [-0.39, 0.29) is 0 Å². The van der Waals surface area contributed by atoms with Gasteiger partial charge >= 0.3 is 0 Å². The normalized spacial score (nSPS) is 9.56. The second kappa shape index (κ2) is 2.65. The lowest BCUT2D eigenvalue weighted by Gasteiger charge is -1.97. The van der Waals surface area contributed by atoms with Crippen molar-refractivity contribution in [2.24, 2.45) is 5.73 Å². The Bertz CT molecular complexity index is 194. The van der Waals surface area contributed by atoms with Gasteiger partial charge in [-0.2, -0.15) is 0 Å². The molecule has 1 heteroatoms. The maximum absolute atomic E-state index is 5.43. The summed E-state index contributed by atoms with van der Waals surface area (Å²) in [5.41, 5.74) is 7.76. The van der Waals surface area contributed by atoms with Gasteiger partial charge in [-0.25, -0.2) is 0 Å². The van der Waals surface area contributed by atoms with Crippen LogP contribution in [0.2, 0.25) is 0 Å². The first kappa shape index (κ1) is 6.30. The minimum Gasteiger partial charge on any atom is -0.326 e. The van der Waals surface area contributed by atoms with Gasteiger partial charge in [0.25, 0.3) is 0 Å². The zero-order valence-corrected chi connectivity index (χ0v) is 5.52. The van der Waals surface area contributed by atoms with Crippen LogP contribution in [0.25, 0.3) is 0 Å². The number of rotatable bonds is 1. The van der Waals surface area contributed by atoms with Crippen LogP contribution in [-0.4, -0.2) is 0 Å². The van der Waals surface area contributed by atoms with Crippen molar-refractivity contribution in [3.63, 3.8) is 0 Å². The summed E-state index contributed by atoms with van der Waals surface area (Å²) < 4.78 is 0. The Kier molecular flexibility index (Phi) is 1.85. The molecule has 0 saturated carbocycles. The molecule has 0 aliphatic carbocycles. The molecule has 0 bridgehead atoms. The molecule has 9 heavy (non-hydrogen) atoms. The molecule has 0 unspecified atom stereocenters. The average Bonchev–Trinajstić information content (AvgIpc) is 1.89. The molecular weight excluding hydrogens is 110 g/mol. The Balaban J connectivity index is 3.01. The molecule has 0 spiro atoms. The maximum Gasteiger partial charge on any atom is 0.0180 e. The molecule has 0 fully saturated rings. The topological polar surface area (TPSA) is 26.0 Å². The van der Waals surface area contributed by atoms with Crippen molar-refractivity contribution in [2.45, 2.75) is 13.5 Å². The van der Waals surface area contributed by atoms with E-state index in [4.69, 9.17) is 5.73 Å². The van der Waals surface area contributed by atoms with Crippen LogP contribution in [0.15, 0.2) is 18.2 Å². The summed E-state index contributed by atoms with van der Waals surface area (Å²) in [6.45, 7) is 2.63. The van der Waals surface area contributed by atoms with Gasteiger partial charge in [0.2, 0.25) is 0 Å². The van der Waals surface area contributed by atoms with Crippen LogP contribution in [0.5, 0.6) is 0 Å². The molecule has 0 atom stereocenters. The molecule has 1 aromatic carbocycles. The highest BCUT2D eigenvalue weighted by atomic mass is 14.5. The molecule has 1 aromatic rings. The van der Waals surface area contributed by atoms with Crippen LogP contribution < -0.4 is 5.73 Å². The van der Waals surface area contributed by atoms with E-state index in [1.54, 1.807) is 0 Å². The molecule has 0 amide bonds. The molecule has 0 aliphatic heterocycles. The molecule has 0 aromatic heterocycles. The minimum absolute atomic E-state index is 0.614. The third kappa shape index (κ3) is 1.30. The fourth-order valence-corrected chi connectivity index (χ4v) is 0.776. The summed E-state index contributed by atoms with van der Waals surface area (Å²) >= 11 is 0. The summed E-state index contributed by atoms with van der Waals surface area (Å²) in [5, 5.41) is 0. The third-order valence-electron chi connectivity index (χ3n) is 1.40. The van der Waals surface area contributed by atoms with Gasteiger partial charge in [-0.1, -0.05) is 18.2 Å². The van der Waals surface area contributed by atoms with E-state index in [1.165, 1.54) is 5.56 Å². The van der Waals surface area contributed by atoms with Crippen LogP contribution in [-0.2, 0) is 6.54 Å². The smallest absolute Gasteiger partial charge is 0.0180 e. The molecule has 0 saturated heterocycles. The molecule has 2 N–H and O–H groups in total. The van der Waals surface area contributed by atoms with Gasteiger partial charge < -0.3 is 5.73 Å². The van der Waals surface area contributed by atoms with Crippen LogP contribution in [0.3, 0.4) is 0 Å². The predicted octanol–water partition coefficient (Wildman–Crippen LogP) is 1.25. The molecule has 0 aliphatic rings. The molecule has 1 radical (unpaired) electrons. The Hall–Kier alpha value is -0.820. The van der Waals surface area contributed by atoms with Gasteiger partial charge in [-0.3, -0.25) is 0 Å². The van der Waals surface area contributed by atoms with E-state index in [9.17, 15) is 0 Å². The van der Waals surface area contributed by atoms with Gasteiger partial charge in [-0.15, -0.1) is 0 Å². The van der Waals surface area contributed by atoms with E-state index in [0.29, 0.717) is 6.54 Å². The van der Waals surface area contributed by atoms with Crippen LogP contribution in [0, 0.1) is 13.0 Å². The lowest BCUT2D eigenvalue weighted by Crippen LogP contribution is -1.97. The van der Waals surface area contributed by atoms with Crippen molar-refractivity contribution in [2.75, 3.05) is 0 Å². The number of aryl methyl sites for hydroxylation is 1. The second-order valence-corrected chi connectivity index (χ2v) is 2.02. The van der Waals surface area contributed by atoms with Gasteiger partial charge in [0.05, 0.1) is 0 Å². The SMILES string of the molecule is Cc1[c]cccc1CN. The number of nitrogens with two attached hydrogens (primary N) is 1. The van der Waals surface area contributed by atoms with Crippen LogP contribution >= 0.6 is 0 Å². The predicted molar refractivity (Wildman–Crippen MR) is 37.9 cm³/mol. The summed E-state index contributed by atoms with van der Waals surface area (Å²) in [6.07, 6.45) is 0. The van der Waals surface area contributed by atoms with Gasteiger partial charge in [0, 0.05) is 6.54 Å². The standard InChI is InChI=1S/C8H10N/c1-7-4-2-3-5-8(7)6-9/h2-3,5H,6,9H2,1H3. The van der Waals surface area contributed by atoms with Crippen molar-refractivity contribution < 1.29 is 0 Å². The van der Waals surface area contributed by atoms with Crippen LogP contribution in [0.1, 0.15) is 11.1 Å². The lowest BCUT2D eigenvalue weighted by atomic mass is 10.1. The van der Waals surface area contributed by atoms with Gasteiger partial charge in [0.1, 0.15) is 0 Å². The van der Waals surface area contributed by atoms with Crippen molar-refractivity contribution in [3.05, 3.63) is 35.4 Å². The number of hydrogen-bond acceptors (Lipinski definition) is 1. The summed E-state index contributed by atoms with van der Waals surface area (Å²) in [6, 6.07) is 8.94. The Morgan fingerprint density at radius 2 is 2.44 bits per heavy atom. The highest BCUT2D eigenvalue weighted by Crippen LogP contribution is 2.03. The summed E-state index contributed by atoms with van der Waals surface area (Å²) in [7, 11) is 0. The Labute approximate surface area is 55.5 Å². The molecule has 1 rings (SSSR count). The van der Waals surface area contributed by atoms with Gasteiger partial charge in [-0.05, 0) is 24.1 Å². The largest absolute Gasteiger partial charge is 0.326 e. The monoisotopic (exact) mass is 120 g/mol. The maximum atomic E-state index is 5.43. The second-order valence-electron chi connectivity index (χ2n) is 2.02. The number of benzene rings is 1. The fourth-order valence-electron chi connectivity index (χ4n) is 0.776. The van der Waals surface area contributed by atoms with Gasteiger partial charge in [0.15, 0.2) is 0 Å². The van der Waals surface area contributed by atoms with E-state index < -0.39 is 0 Å². The summed E-state index contributed by atoms with van der Waals surface area (Å²) in [4.78, 5) is 0. The Morgan fingerprint density at radius 1 is 1.67 bits per heavy atom. The van der Waals surface area contributed by atoms with E-state index >= 15 is 0 Å². The van der Waals surface area contributed by atoms with Crippen molar-refractivity contribution in [3.8, 4) is 0 Å². The quantitative estimate of drug-likeness (QED) is 0.593. The first-order valence-electron chi connectivity index (χ1n) is 3.01. The van der Waals surface area contributed by atoms with Crippen molar-refractivity contribution >= 4 is 0 Å². The average molecular weight is 120 g/mol. The van der Waals surface area contributed by atoms with E-state index in [1.807, 2.05) is 25.1 Å². The molecule has 1 nitrogen and oxygen atoms in total. The van der Waals surface area contributed by atoms with Crippen molar-refractivity contribution in [1.29, 1.82) is 0 Å². The first-order valence-corrected chi connectivity index (χ1v) is 3.01. The first-order chi connectivity index (χ1) is 4.34. The zero-order chi connectivity index (χ0) is 6.69. The molecule has 47 valence electrons. The van der Waals surface area contributed by atoms with E-state index in [0.717, 1.165) is 5.56 Å². The summed E-state index contributed by atoms with van der Waals surface area (Å²) in [5.74, 6) is 0.